The summed E-state index contributed by atoms with van der Waals surface area (Å²) in [4.78, 5) is 5.55. The second-order valence-electron chi connectivity index (χ2n) is 2.70. The predicted octanol–water partition coefficient (Wildman–Crippen LogP) is 1.20. The van der Waals surface area contributed by atoms with E-state index in [0.717, 1.165) is 11.6 Å². The highest BCUT2D eigenvalue weighted by atomic mass is 32.2. The molecule has 3 nitrogen and oxygen atoms in total. The molecule has 3 aliphatic rings. The maximum Gasteiger partial charge on any atom is 0.167 e. The molecule has 0 saturated carbocycles. The summed E-state index contributed by atoms with van der Waals surface area (Å²) in [7, 11) is 0. The Labute approximate surface area is 74.5 Å². The molecule has 0 radical (unpaired) electrons. The van der Waals surface area contributed by atoms with E-state index in [1.54, 1.807) is 6.34 Å². The van der Waals surface area contributed by atoms with Crippen LogP contribution in [0, 0.1) is 0 Å². The summed E-state index contributed by atoms with van der Waals surface area (Å²) in [5, 5.41) is 1.94. The van der Waals surface area contributed by atoms with E-state index in [-0.39, 0.29) is 0 Å². The van der Waals surface area contributed by atoms with Crippen LogP contribution >= 0.6 is 11.8 Å². The van der Waals surface area contributed by atoms with Crippen molar-refractivity contribution in [2.24, 2.45) is 4.99 Å². The number of allylic oxidation sites excluding steroid dienone is 2. The standard InChI is InChI=1S/C8H7N3S/c1-3-11-8(9-5-10-11)7-6(1)2-4-12-7/h1-3,5H,4H2,(H,9,10). The molecule has 0 bridgehead atoms. The van der Waals surface area contributed by atoms with E-state index in [9.17, 15) is 0 Å². The lowest BCUT2D eigenvalue weighted by Crippen LogP contribution is -2.26. The van der Waals surface area contributed by atoms with Crippen LogP contribution in [0.25, 0.3) is 0 Å². The van der Waals surface area contributed by atoms with Crippen LogP contribution in [0.4, 0.5) is 0 Å². The number of hydrogen-bond donors (Lipinski definition) is 1. The third-order valence-electron chi connectivity index (χ3n) is 2.01. The molecule has 12 heavy (non-hydrogen) atoms. The lowest BCUT2D eigenvalue weighted by atomic mass is 10.2. The molecule has 60 valence electrons. The molecule has 0 aromatic carbocycles. The van der Waals surface area contributed by atoms with Crippen molar-refractivity contribution in [3.05, 3.63) is 34.7 Å². The van der Waals surface area contributed by atoms with E-state index in [1.807, 2.05) is 23.0 Å². The van der Waals surface area contributed by atoms with E-state index in [4.69, 9.17) is 0 Å². The maximum absolute atomic E-state index is 4.26. The first-order chi connectivity index (χ1) is 5.95. The van der Waals surface area contributed by atoms with Gasteiger partial charge < -0.3 is 0 Å². The van der Waals surface area contributed by atoms with Gasteiger partial charge in [0.05, 0.1) is 4.91 Å². The number of nitrogens with one attached hydrogen (secondary N) is 1. The van der Waals surface area contributed by atoms with Crippen molar-refractivity contribution < 1.29 is 0 Å². The van der Waals surface area contributed by atoms with Crippen molar-refractivity contribution in [1.82, 2.24) is 10.4 Å². The van der Waals surface area contributed by atoms with E-state index in [1.165, 1.54) is 10.5 Å². The van der Waals surface area contributed by atoms with Gasteiger partial charge in [0.1, 0.15) is 6.34 Å². The Hall–Kier alpha value is -1.16. The molecule has 0 aromatic rings. The van der Waals surface area contributed by atoms with Gasteiger partial charge >= 0.3 is 0 Å². The van der Waals surface area contributed by atoms with Gasteiger partial charge in [-0.3, -0.25) is 5.43 Å². The van der Waals surface area contributed by atoms with Gasteiger partial charge in [0.2, 0.25) is 0 Å². The average Bonchev–Trinajstić information content (AvgIpc) is 2.71. The monoisotopic (exact) mass is 177 g/mol. The van der Waals surface area contributed by atoms with Crippen molar-refractivity contribution in [2.75, 3.05) is 5.75 Å². The van der Waals surface area contributed by atoms with E-state index in [2.05, 4.69) is 22.6 Å². The first kappa shape index (κ1) is 6.37. The minimum atomic E-state index is 1.03. The Morgan fingerprint density at radius 2 is 2.58 bits per heavy atom. The third kappa shape index (κ3) is 0.701. The molecule has 4 heteroatoms. The van der Waals surface area contributed by atoms with E-state index < -0.39 is 0 Å². The Kier molecular flexibility index (Phi) is 1.15. The van der Waals surface area contributed by atoms with Crippen LogP contribution in [0.5, 0.6) is 0 Å². The van der Waals surface area contributed by atoms with Gasteiger partial charge in [0.15, 0.2) is 5.82 Å². The second-order valence-corrected chi connectivity index (χ2v) is 3.73. The highest BCUT2D eigenvalue weighted by Crippen LogP contribution is 2.38. The summed E-state index contributed by atoms with van der Waals surface area (Å²) in [6, 6.07) is 0. The fourth-order valence-corrected chi connectivity index (χ4v) is 2.47. The Bertz CT molecular complexity index is 351. The van der Waals surface area contributed by atoms with Crippen molar-refractivity contribution in [2.45, 2.75) is 0 Å². The molecule has 0 unspecified atom stereocenters. The van der Waals surface area contributed by atoms with Crippen LogP contribution in [0.1, 0.15) is 0 Å². The molecular formula is C8H7N3S. The zero-order valence-electron chi connectivity index (χ0n) is 6.32. The van der Waals surface area contributed by atoms with Gasteiger partial charge in [-0.05, 0) is 11.6 Å². The highest BCUT2D eigenvalue weighted by molar-refractivity contribution is 8.03. The molecule has 0 fully saturated rings. The number of thioether (sulfide) groups is 1. The largest absolute Gasteiger partial charge is 0.282 e. The number of hydrogen-bond acceptors (Lipinski definition) is 4. The number of rotatable bonds is 0. The summed E-state index contributed by atoms with van der Waals surface area (Å²) < 4.78 is 0. The third-order valence-corrected chi connectivity index (χ3v) is 3.05. The molecule has 0 saturated heterocycles. The minimum Gasteiger partial charge on any atom is -0.282 e. The number of aliphatic imine (C=N–C) groups is 1. The Balaban J connectivity index is 2.17. The van der Waals surface area contributed by atoms with Gasteiger partial charge in [-0.25, -0.2) is 10.0 Å². The van der Waals surface area contributed by atoms with Gasteiger partial charge in [-0.2, -0.15) is 0 Å². The lowest BCUT2D eigenvalue weighted by Gasteiger charge is -2.19. The summed E-state index contributed by atoms with van der Waals surface area (Å²) >= 11 is 1.84. The molecule has 1 N–H and O–H groups in total. The molecule has 0 aromatic heterocycles. The Morgan fingerprint density at radius 1 is 1.58 bits per heavy atom. The summed E-state index contributed by atoms with van der Waals surface area (Å²) in [6.45, 7) is 0. The molecule has 0 spiro atoms. The number of nitrogens with zero attached hydrogens (tertiary/aromatic N) is 2. The first-order valence-corrected chi connectivity index (χ1v) is 4.77. The molecule has 3 heterocycles. The maximum atomic E-state index is 4.26. The fourth-order valence-electron chi connectivity index (χ4n) is 1.44. The summed E-state index contributed by atoms with van der Waals surface area (Å²) in [6.07, 6.45) is 8.06. The second kappa shape index (κ2) is 2.17. The lowest BCUT2D eigenvalue weighted by molar-refractivity contribution is 0.440. The molecule has 3 aliphatic heterocycles. The number of fused-ring (bicyclic) bond motifs is 2. The molecular weight excluding hydrogens is 170 g/mol. The first-order valence-electron chi connectivity index (χ1n) is 3.79. The molecule has 3 rings (SSSR count). The minimum absolute atomic E-state index is 1.03. The zero-order valence-corrected chi connectivity index (χ0v) is 7.14. The van der Waals surface area contributed by atoms with Crippen LogP contribution in [-0.4, -0.2) is 17.1 Å². The average molecular weight is 177 g/mol. The van der Waals surface area contributed by atoms with Crippen molar-refractivity contribution in [3.63, 3.8) is 0 Å². The Morgan fingerprint density at radius 3 is 3.58 bits per heavy atom. The van der Waals surface area contributed by atoms with E-state index in [0.29, 0.717) is 0 Å². The fraction of sp³-hybridized carbons (Fsp3) is 0.125. The van der Waals surface area contributed by atoms with Crippen molar-refractivity contribution >= 4 is 18.1 Å². The zero-order chi connectivity index (χ0) is 7.97. The molecule has 0 atom stereocenters. The molecule has 0 aliphatic carbocycles. The van der Waals surface area contributed by atoms with Crippen LogP contribution in [0.3, 0.4) is 0 Å². The van der Waals surface area contributed by atoms with Gasteiger partial charge in [-0.1, -0.05) is 6.08 Å². The topological polar surface area (TPSA) is 27.6 Å². The van der Waals surface area contributed by atoms with Crippen LogP contribution < -0.4 is 5.43 Å². The summed E-state index contributed by atoms with van der Waals surface area (Å²) in [5.41, 5.74) is 4.34. The van der Waals surface area contributed by atoms with Gasteiger partial charge in [0.25, 0.3) is 0 Å². The predicted molar refractivity (Wildman–Crippen MR) is 50.2 cm³/mol. The van der Waals surface area contributed by atoms with Crippen LogP contribution in [-0.2, 0) is 0 Å². The SMILES string of the molecule is C1=CN2NC=NC2=C2SCC=C12. The van der Waals surface area contributed by atoms with Crippen LogP contribution in [0.15, 0.2) is 39.6 Å². The molecule has 0 amide bonds. The van der Waals surface area contributed by atoms with Crippen LogP contribution in [0.2, 0.25) is 0 Å². The number of hydrazine groups is 1. The quantitative estimate of drug-likeness (QED) is 0.602. The highest BCUT2D eigenvalue weighted by Gasteiger charge is 2.24. The van der Waals surface area contributed by atoms with Gasteiger partial charge in [-0.15, -0.1) is 11.8 Å². The normalized spacial score (nSPS) is 24.0. The summed E-state index contributed by atoms with van der Waals surface area (Å²) in [5.74, 6) is 2.10. The van der Waals surface area contributed by atoms with Gasteiger partial charge in [0, 0.05) is 12.0 Å². The van der Waals surface area contributed by atoms with Crippen molar-refractivity contribution in [3.8, 4) is 0 Å². The smallest absolute Gasteiger partial charge is 0.167 e. The van der Waals surface area contributed by atoms with Crippen molar-refractivity contribution in [1.29, 1.82) is 0 Å². The van der Waals surface area contributed by atoms with E-state index >= 15 is 0 Å².